The SMILES string of the molecule is Cc1ccc(C(N)C(=O)NCCc2ccc(-c3csc(C)n3)s2)cc1.Cl. The molecular formula is C19H22ClN3OS2. The van der Waals surface area contributed by atoms with E-state index in [1.807, 2.05) is 38.1 Å². The monoisotopic (exact) mass is 407 g/mol. The second-order valence-electron chi connectivity index (χ2n) is 5.95. The molecule has 0 aliphatic carbocycles. The number of amides is 1. The molecule has 138 valence electrons. The summed E-state index contributed by atoms with van der Waals surface area (Å²) in [6.45, 7) is 4.60. The lowest BCUT2D eigenvalue weighted by Crippen LogP contribution is -2.35. The molecule has 0 fully saturated rings. The van der Waals surface area contributed by atoms with E-state index in [0.717, 1.165) is 28.2 Å². The molecule has 3 rings (SSSR count). The zero-order valence-electron chi connectivity index (χ0n) is 14.7. The van der Waals surface area contributed by atoms with E-state index in [4.69, 9.17) is 5.73 Å². The Labute approximate surface area is 167 Å². The Morgan fingerprint density at radius 2 is 1.92 bits per heavy atom. The second-order valence-corrected chi connectivity index (χ2v) is 8.18. The quantitative estimate of drug-likeness (QED) is 0.641. The topological polar surface area (TPSA) is 68.0 Å². The number of thiazole rings is 1. The first kappa shape index (κ1) is 20.6. The van der Waals surface area contributed by atoms with Crippen molar-refractivity contribution in [1.82, 2.24) is 10.3 Å². The minimum absolute atomic E-state index is 0. The molecule has 7 heteroatoms. The van der Waals surface area contributed by atoms with Crippen LogP contribution in [0.15, 0.2) is 41.8 Å². The highest BCUT2D eigenvalue weighted by atomic mass is 35.5. The Hall–Kier alpha value is -1.73. The number of nitrogens with one attached hydrogen (secondary N) is 1. The van der Waals surface area contributed by atoms with Gasteiger partial charge in [0, 0.05) is 16.8 Å². The molecule has 4 nitrogen and oxygen atoms in total. The number of aryl methyl sites for hydroxylation is 2. The van der Waals surface area contributed by atoms with E-state index in [0.29, 0.717) is 6.54 Å². The number of benzene rings is 1. The maximum atomic E-state index is 12.2. The first-order chi connectivity index (χ1) is 12.0. The molecule has 1 atom stereocenters. The van der Waals surface area contributed by atoms with Crippen molar-refractivity contribution in [1.29, 1.82) is 0 Å². The zero-order chi connectivity index (χ0) is 17.8. The predicted molar refractivity (Wildman–Crippen MR) is 112 cm³/mol. The van der Waals surface area contributed by atoms with Crippen LogP contribution in [-0.4, -0.2) is 17.4 Å². The Kier molecular flexibility index (Phi) is 7.34. The predicted octanol–water partition coefficient (Wildman–Crippen LogP) is 4.27. The van der Waals surface area contributed by atoms with E-state index >= 15 is 0 Å². The van der Waals surface area contributed by atoms with E-state index in [2.05, 4.69) is 27.8 Å². The van der Waals surface area contributed by atoms with Gasteiger partial charge in [0.25, 0.3) is 0 Å². The molecule has 0 aliphatic rings. The van der Waals surface area contributed by atoms with Gasteiger partial charge in [-0.2, -0.15) is 0 Å². The third-order valence-electron chi connectivity index (χ3n) is 3.92. The van der Waals surface area contributed by atoms with Gasteiger partial charge in [-0.25, -0.2) is 4.98 Å². The first-order valence-electron chi connectivity index (χ1n) is 8.14. The number of carbonyl (C=O) groups is 1. The van der Waals surface area contributed by atoms with Crippen molar-refractivity contribution in [3.05, 3.63) is 62.8 Å². The fourth-order valence-corrected chi connectivity index (χ4v) is 4.13. The molecule has 1 amide bonds. The lowest BCUT2D eigenvalue weighted by molar-refractivity contribution is -0.122. The summed E-state index contributed by atoms with van der Waals surface area (Å²) in [6.07, 6.45) is 0.792. The molecule has 26 heavy (non-hydrogen) atoms. The average molecular weight is 408 g/mol. The van der Waals surface area contributed by atoms with Crippen molar-refractivity contribution in [3.63, 3.8) is 0 Å². The highest BCUT2D eigenvalue weighted by molar-refractivity contribution is 7.16. The molecular weight excluding hydrogens is 386 g/mol. The molecule has 3 N–H and O–H groups in total. The van der Waals surface area contributed by atoms with Crippen LogP contribution in [0.4, 0.5) is 0 Å². The number of hydrogen-bond acceptors (Lipinski definition) is 5. The van der Waals surface area contributed by atoms with Crippen LogP contribution in [0.1, 0.15) is 27.1 Å². The lowest BCUT2D eigenvalue weighted by Gasteiger charge is -2.12. The summed E-state index contributed by atoms with van der Waals surface area (Å²) in [7, 11) is 0. The standard InChI is InChI=1S/C19H21N3OS2.ClH/c1-12-3-5-14(6-4-12)18(20)19(23)21-10-9-15-7-8-17(25-15)16-11-24-13(2)22-16;/h3-8,11,18H,9-10,20H2,1-2H3,(H,21,23);1H. The summed E-state index contributed by atoms with van der Waals surface area (Å²) in [4.78, 5) is 19.1. The molecule has 1 aromatic carbocycles. The van der Waals surface area contributed by atoms with E-state index < -0.39 is 6.04 Å². The summed E-state index contributed by atoms with van der Waals surface area (Å²) in [5.74, 6) is -0.143. The van der Waals surface area contributed by atoms with Crippen LogP contribution in [0.3, 0.4) is 0 Å². The molecule has 0 saturated heterocycles. The minimum Gasteiger partial charge on any atom is -0.354 e. The van der Waals surface area contributed by atoms with Crippen LogP contribution in [0.25, 0.3) is 10.6 Å². The summed E-state index contributed by atoms with van der Waals surface area (Å²) in [6, 6.07) is 11.3. The van der Waals surface area contributed by atoms with Gasteiger partial charge < -0.3 is 11.1 Å². The van der Waals surface area contributed by atoms with Crippen molar-refractivity contribution in [3.8, 4) is 10.6 Å². The van der Waals surface area contributed by atoms with Crippen LogP contribution in [-0.2, 0) is 11.2 Å². The first-order valence-corrected chi connectivity index (χ1v) is 9.83. The smallest absolute Gasteiger partial charge is 0.241 e. The van der Waals surface area contributed by atoms with Crippen LogP contribution >= 0.6 is 35.1 Å². The van der Waals surface area contributed by atoms with Crippen molar-refractivity contribution < 1.29 is 4.79 Å². The number of nitrogens with zero attached hydrogens (tertiary/aromatic N) is 1. The molecule has 0 aliphatic heterocycles. The Bertz CT molecular complexity index is 858. The van der Waals surface area contributed by atoms with Crippen molar-refractivity contribution >= 4 is 41.0 Å². The third-order valence-corrected chi connectivity index (χ3v) is 5.86. The van der Waals surface area contributed by atoms with Gasteiger partial charge in [0.05, 0.1) is 15.6 Å². The molecule has 0 radical (unpaired) electrons. The number of carbonyl (C=O) groups excluding carboxylic acids is 1. The van der Waals surface area contributed by atoms with Gasteiger partial charge in [0.2, 0.25) is 5.91 Å². The maximum absolute atomic E-state index is 12.2. The van der Waals surface area contributed by atoms with Crippen LogP contribution in [0.2, 0.25) is 0 Å². The largest absolute Gasteiger partial charge is 0.354 e. The summed E-state index contributed by atoms with van der Waals surface area (Å²) in [5, 5.41) is 6.07. The molecule has 3 aromatic rings. The van der Waals surface area contributed by atoms with Gasteiger partial charge in [-0.05, 0) is 38.0 Å². The summed E-state index contributed by atoms with van der Waals surface area (Å²) < 4.78 is 0. The Balaban J connectivity index is 0.00000243. The second kappa shape index (κ2) is 9.28. The number of thiophene rings is 1. The molecule has 2 heterocycles. The fraction of sp³-hybridized carbons (Fsp3) is 0.263. The Morgan fingerprint density at radius 1 is 1.19 bits per heavy atom. The van der Waals surface area contributed by atoms with E-state index in [1.165, 1.54) is 9.75 Å². The van der Waals surface area contributed by atoms with Crippen LogP contribution < -0.4 is 11.1 Å². The van der Waals surface area contributed by atoms with E-state index in [-0.39, 0.29) is 18.3 Å². The van der Waals surface area contributed by atoms with Crippen molar-refractivity contribution in [2.75, 3.05) is 6.54 Å². The van der Waals surface area contributed by atoms with Gasteiger partial charge >= 0.3 is 0 Å². The molecule has 0 spiro atoms. The number of hydrogen-bond donors (Lipinski definition) is 2. The number of halogens is 1. The number of aromatic nitrogens is 1. The van der Waals surface area contributed by atoms with Crippen LogP contribution in [0, 0.1) is 13.8 Å². The van der Waals surface area contributed by atoms with E-state index in [1.54, 1.807) is 22.7 Å². The van der Waals surface area contributed by atoms with Gasteiger partial charge in [-0.15, -0.1) is 35.1 Å². The molecule has 2 aromatic heterocycles. The highest BCUT2D eigenvalue weighted by Gasteiger charge is 2.15. The van der Waals surface area contributed by atoms with Crippen molar-refractivity contribution in [2.24, 2.45) is 5.73 Å². The minimum atomic E-state index is -0.627. The van der Waals surface area contributed by atoms with Crippen LogP contribution in [0.5, 0.6) is 0 Å². The van der Waals surface area contributed by atoms with Gasteiger partial charge in [-0.3, -0.25) is 4.79 Å². The highest BCUT2D eigenvalue weighted by Crippen LogP contribution is 2.29. The van der Waals surface area contributed by atoms with Gasteiger partial charge in [-0.1, -0.05) is 29.8 Å². The summed E-state index contributed by atoms with van der Waals surface area (Å²) in [5.41, 5.74) is 9.05. The molecule has 0 saturated carbocycles. The molecule has 1 unspecified atom stereocenters. The molecule has 0 bridgehead atoms. The van der Waals surface area contributed by atoms with Gasteiger partial charge in [0.15, 0.2) is 0 Å². The number of rotatable bonds is 6. The van der Waals surface area contributed by atoms with Gasteiger partial charge in [0.1, 0.15) is 6.04 Å². The third kappa shape index (κ3) is 5.14. The summed E-state index contributed by atoms with van der Waals surface area (Å²) >= 11 is 3.38. The lowest BCUT2D eigenvalue weighted by atomic mass is 10.1. The number of nitrogens with two attached hydrogens (primary N) is 1. The normalized spacial score (nSPS) is 11.7. The maximum Gasteiger partial charge on any atom is 0.241 e. The average Bonchev–Trinajstić information content (AvgIpc) is 3.23. The van der Waals surface area contributed by atoms with Crippen molar-refractivity contribution in [2.45, 2.75) is 26.3 Å². The Morgan fingerprint density at radius 3 is 2.58 bits per heavy atom. The van der Waals surface area contributed by atoms with E-state index in [9.17, 15) is 4.79 Å². The fourth-order valence-electron chi connectivity index (χ4n) is 2.47. The zero-order valence-corrected chi connectivity index (χ0v) is 17.1.